The van der Waals surface area contributed by atoms with Crippen LogP contribution in [-0.2, 0) is 0 Å². The van der Waals surface area contributed by atoms with E-state index in [0.29, 0.717) is 11.0 Å². The molecule has 0 atom stereocenters. The first kappa shape index (κ1) is 12.8. The summed E-state index contributed by atoms with van der Waals surface area (Å²) in [6, 6.07) is 18.6. The summed E-state index contributed by atoms with van der Waals surface area (Å²) in [4.78, 5) is 11.1. The minimum atomic E-state index is 0.00634. The number of hydrogen-bond acceptors (Lipinski definition) is 2. The van der Waals surface area contributed by atoms with Gasteiger partial charge in [-0.25, -0.2) is 0 Å². The van der Waals surface area contributed by atoms with E-state index in [2.05, 4.69) is 6.58 Å². The Hall–Kier alpha value is -2.61. The summed E-state index contributed by atoms with van der Waals surface area (Å²) < 4.78 is 5.09. The van der Waals surface area contributed by atoms with Crippen LogP contribution in [-0.4, -0.2) is 0 Å². The predicted molar refractivity (Wildman–Crippen MR) is 79.0 cm³/mol. The topological polar surface area (TPSA) is 30.2 Å². The Kier molecular flexibility index (Phi) is 4.29. The van der Waals surface area contributed by atoms with Crippen molar-refractivity contribution >= 4 is 17.0 Å². The summed E-state index contributed by atoms with van der Waals surface area (Å²) in [5.74, 6) is 0. The number of fused-ring (bicyclic) bond motifs is 1. The molecule has 19 heavy (non-hydrogen) atoms. The van der Waals surface area contributed by atoms with Gasteiger partial charge in [-0.1, -0.05) is 55.1 Å². The van der Waals surface area contributed by atoms with Gasteiger partial charge in [-0.3, -0.25) is 4.79 Å². The maximum Gasteiger partial charge on any atom is 0.192 e. The average molecular weight is 250 g/mol. The summed E-state index contributed by atoms with van der Waals surface area (Å²) >= 11 is 0. The molecule has 0 bridgehead atoms. The van der Waals surface area contributed by atoms with Crippen LogP contribution >= 0.6 is 0 Å². The Morgan fingerprint density at radius 3 is 2.21 bits per heavy atom. The van der Waals surface area contributed by atoms with Crippen molar-refractivity contribution in [3.63, 3.8) is 0 Å². The van der Waals surface area contributed by atoms with Gasteiger partial charge in [-0.05, 0) is 17.7 Å². The van der Waals surface area contributed by atoms with Crippen molar-refractivity contribution in [1.29, 1.82) is 0 Å². The molecule has 2 nitrogen and oxygen atoms in total. The van der Waals surface area contributed by atoms with Crippen LogP contribution in [0, 0.1) is 0 Å². The van der Waals surface area contributed by atoms with Gasteiger partial charge in [0.25, 0.3) is 0 Å². The van der Waals surface area contributed by atoms with Gasteiger partial charge in [0.1, 0.15) is 5.58 Å². The molecule has 0 N–H and O–H groups in total. The third kappa shape index (κ3) is 3.42. The van der Waals surface area contributed by atoms with Crippen LogP contribution in [0.25, 0.3) is 17.0 Å². The Morgan fingerprint density at radius 1 is 0.895 bits per heavy atom. The molecule has 2 aromatic carbocycles. The van der Waals surface area contributed by atoms with Crippen LogP contribution in [0.4, 0.5) is 0 Å². The zero-order chi connectivity index (χ0) is 13.5. The lowest BCUT2D eigenvalue weighted by Crippen LogP contribution is -1.96. The highest BCUT2D eigenvalue weighted by Crippen LogP contribution is 2.06. The Balaban J connectivity index is 0.000000148. The van der Waals surface area contributed by atoms with Crippen molar-refractivity contribution < 1.29 is 4.42 Å². The molecule has 0 aliphatic heterocycles. The molecule has 1 aromatic heterocycles. The Bertz CT molecular complexity index is 706. The highest BCUT2D eigenvalue weighted by atomic mass is 16.3. The SMILES string of the molecule is C=Cc1ccccc1.O=c1ccoc2ccccc12. The first-order valence-corrected chi connectivity index (χ1v) is 5.95. The summed E-state index contributed by atoms with van der Waals surface area (Å²) in [5, 5.41) is 0.634. The molecule has 0 amide bonds. The Labute approximate surface area is 111 Å². The molecule has 0 spiro atoms. The van der Waals surface area contributed by atoms with E-state index in [1.165, 1.54) is 17.9 Å². The average Bonchev–Trinajstić information content (AvgIpc) is 2.49. The molecule has 0 fully saturated rings. The monoisotopic (exact) mass is 250 g/mol. The van der Waals surface area contributed by atoms with Crippen LogP contribution in [0.1, 0.15) is 5.56 Å². The fraction of sp³-hybridized carbons (Fsp3) is 0. The minimum Gasteiger partial charge on any atom is -0.464 e. The van der Waals surface area contributed by atoms with Crippen molar-refractivity contribution in [2.24, 2.45) is 0 Å². The lowest BCUT2D eigenvalue weighted by Gasteiger charge is -1.91. The highest BCUT2D eigenvalue weighted by molar-refractivity contribution is 5.75. The molecule has 94 valence electrons. The fourth-order valence-electron chi connectivity index (χ4n) is 1.62. The van der Waals surface area contributed by atoms with Crippen LogP contribution in [0.2, 0.25) is 0 Å². The van der Waals surface area contributed by atoms with Crippen molar-refractivity contribution in [3.05, 3.63) is 89.3 Å². The molecule has 2 heteroatoms. The molecule has 0 aliphatic carbocycles. The predicted octanol–water partition coefficient (Wildman–Crippen LogP) is 4.12. The van der Waals surface area contributed by atoms with Crippen LogP contribution in [0.5, 0.6) is 0 Å². The van der Waals surface area contributed by atoms with Gasteiger partial charge in [0.2, 0.25) is 0 Å². The summed E-state index contributed by atoms with van der Waals surface area (Å²) in [6.07, 6.45) is 3.24. The second-order valence-electron chi connectivity index (χ2n) is 3.90. The molecule has 0 saturated heterocycles. The van der Waals surface area contributed by atoms with Gasteiger partial charge in [0, 0.05) is 6.07 Å². The zero-order valence-electron chi connectivity index (χ0n) is 10.5. The van der Waals surface area contributed by atoms with Crippen LogP contribution in [0.3, 0.4) is 0 Å². The molecule has 3 rings (SSSR count). The van der Waals surface area contributed by atoms with Gasteiger partial charge < -0.3 is 4.42 Å². The normalized spacial score (nSPS) is 9.47. The number of benzene rings is 2. The second kappa shape index (κ2) is 6.36. The molecule has 0 saturated carbocycles. The fourth-order valence-corrected chi connectivity index (χ4v) is 1.62. The molecule has 3 aromatic rings. The van der Waals surface area contributed by atoms with E-state index >= 15 is 0 Å². The summed E-state index contributed by atoms with van der Waals surface area (Å²) in [5.41, 5.74) is 1.82. The Morgan fingerprint density at radius 2 is 1.58 bits per heavy atom. The lowest BCUT2D eigenvalue weighted by molar-refractivity contribution is 0.602. The maximum atomic E-state index is 11.1. The van der Waals surface area contributed by atoms with E-state index in [1.54, 1.807) is 12.1 Å². The molecular weight excluding hydrogens is 236 g/mol. The highest BCUT2D eigenvalue weighted by Gasteiger charge is 1.95. The van der Waals surface area contributed by atoms with Crippen LogP contribution < -0.4 is 5.43 Å². The third-order valence-electron chi connectivity index (χ3n) is 2.60. The molecule has 1 heterocycles. The van der Waals surface area contributed by atoms with E-state index in [0.717, 1.165) is 0 Å². The molecular formula is C17H14O2. The first-order chi connectivity index (χ1) is 9.31. The second-order valence-corrected chi connectivity index (χ2v) is 3.90. The largest absolute Gasteiger partial charge is 0.464 e. The van der Waals surface area contributed by atoms with E-state index in [9.17, 15) is 4.79 Å². The van der Waals surface area contributed by atoms with Crippen molar-refractivity contribution in [2.75, 3.05) is 0 Å². The van der Waals surface area contributed by atoms with Crippen molar-refractivity contribution in [1.82, 2.24) is 0 Å². The van der Waals surface area contributed by atoms with Gasteiger partial charge in [0.15, 0.2) is 5.43 Å². The van der Waals surface area contributed by atoms with Crippen LogP contribution in [0.15, 0.2) is 82.7 Å². The van der Waals surface area contributed by atoms with Gasteiger partial charge >= 0.3 is 0 Å². The first-order valence-electron chi connectivity index (χ1n) is 5.95. The third-order valence-corrected chi connectivity index (χ3v) is 2.60. The number of hydrogen-bond donors (Lipinski definition) is 0. The van der Waals surface area contributed by atoms with E-state index in [4.69, 9.17) is 4.42 Å². The summed E-state index contributed by atoms with van der Waals surface area (Å²) in [6.45, 7) is 3.63. The zero-order valence-corrected chi connectivity index (χ0v) is 10.5. The van der Waals surface area contributed by atoms with E-state index < -0.39 is 0 Å². The van der Waals surface area contributed by atoms with Crippen molar-refractivity contribution in [2.45, 2.75) is 0 Å². The van der Waals surface area contributed by atoms with Gasteiger partial charge in [-0.15, -0.1) is 0 Å². The number of rotatable bonds is 1. The quantitative estimate of drug-likeness (QED) is 0.650. The smallest absolute Gasteiger partial charge is 0.192 e. The number of para-hydroxylation sites is 1. The molecule has 0 aliphatic rings. The molecule has 0 radical (unpaired) electrons. The van der Waals surface area contributed by atoms with E-state index in [1.807, 2.05) is 48.5 Å². The van der Waals surface area contributed by atoms with Gasteiger partial charge in [0.05, 0.1) is 11.6 Å². The lowest BCUT2D eigenvalue weighted by atomic mass is 10.2. The maximum absolute atomic E-state index is 11.1. The minimum absolute atomic E-state index is 0.00634. The standard InChI is InChI=1S/C9H6O2.C8H8/c10-8-5-6-11-9-4-2-1-3-7(8)9;1-2-8-6-4-3-5-7-8/h1-6H;2-7H,1H2. The summed E-state index contributed by atoms with van der Waals surface area (Å²) in [7, 11) is 0. The van der Waals surface area contributed by atoms with E-state index in [-0.39, 0.29) is 5.43 Å². The molecule has 0 unspecified atom stereocenters. The van der Waals surface area contributed by atoms with Gasteiger partial charge in [-0.2, -0.15) is 0 Å². The van der Waals surface area contributed by atoms with Crippen molar-refractivity contribution in [3.8, 4) is 0 Å².